The van der Waals surface area contributed by atoms with Gasteiger partial charge in [-0.1, -0.05) is 44.0 Å². The summed E-state index contributed by atoms with van der Waals surface area (Å²) in [5, 5.41) is 0.646. The van der Waals surface area contributed by atoms with E-state index in [1.54, 1.807) is 0 Å². The van der Waals surface area contributed by atoms with Gasteiger partial charge in [0, 0.05) is 19.3 Å². The Morgan fingerprint density at radius 2 is 2.11 bits per heavy atom. The smallest absolute Gasteiger partial charge is 0.255 e. The second-order valence-electron chi connectivity index (χ2n) is 6.09. The first-order chi connectivity index (χ1) is 8.79. The number of aromatic nitrogens is 1. The van der Waals surface area contributed by atoms with E-state index in [0.717, 1.165) is 19.5 Å². The van der Waals surface area contributed by atoms with Crippen LogP contribution < -0.4 is 0 Å². The summed E-state index contributed by atoms with van der Waals surface area (Å²) < 4.78 is 0. The van der Waals surface area contributed by atoms with Crippen molar-refractivity contribution in [3.8, 4) is 0 Å². The van der Waals surface area contributed by atoms with Crippen LogP contribution in [0, 0.1) is 11.3 Å². The lowest BCUT2D eigenvalue weighted by Crippen LogP contribution is -2.31. The standard InChI is InChI=1S/C14H18Cl2N2O/c1-14(2,3)9-4-5-18(8-9)13(19)10-6-12(16)17-7-11(10)15/h6-7,9H,4-5,8H2,1-3H3. The van der Waals surface area contributed by atoms with E-state index in [-0.39, 0.29) is 11.3 Å². The number of halogens is 2. The van der Waals surface area contributed by atoms with E-state index in [4.69, 9.17) is 23.2 Å². The van der Waals surface area contributed by atoms with Crippen LogP contribution in [0.1, 0.15) is 37.6 Å². The van der Waals surface area contributed by atoms with Gasteiger partial charge in [0.15, 0.2) is 0 Å². The van der Waals surface area contributed by atoms with Crippen LogP contribution in [-0.2, 0) is 0 Å². The number of likely N-dealkylation sites (tertiary alicyclic amines) is 1. The van der Waals surface area contributed by atoms with Gasteiger partial charge in [0.25, 0.3) is 5.91 Å². The number of rotatable bonds is 1. The lowest BCUT2D eigenvalue weighted by atomic mass is 9.80. The third kappa shape index (κ3) is 3.21. The fourth-order valence-corrected chi connectivity index (χ4v) is 2.74. The number of carbonyl (C=O) groups is 1. The molecule has 1 unspecified atom stereocenters. The van der Waals surface area contributed by atoms with Gasteiger partial charge in [0.05, 0.1) is 10.6 Å². The Balaban J connectivity index is 2.16. The summed E-state index contributed by atoms with van der Waals surface area (Å²) in [5.41, 5.74) is 0.658. The minimum atomic E-state index is -0.0546. The van der Waals surface area contributed by atoms with Crippen LogP contribution in [0.3, 0.4) is 0 Å². The van der Waals surface area contributed by atoms with E-state index >= 15 is 0 Å². The van der Waals surface area contributed by atoms with E-state index in [1.807, 2.05) is 4.90 Å². The van der Waals surface area contributed by atoms with Gasteiger partial charge in [0.2, 0.25) is 0 Å². The first kappa shape index (κ1) is 14.6. The molecule has 2 heterocycles. The van der Waals surface area contributed by atoms with Crippen molar-refractivity contribution in [1.82, 2.24) is 9.88 Å². The zero-order valence-corrected chi connectivity index (χ0v) is 12.9. The fourth-order valence-electron chi connectivity index (χ4n) is 2.40. The molecule has 0 aromatic carbocycles. The predicted molar refractivity (Wildman–Crippen MR) is 77.7 cm³/mol. The van der Waals surface area contributed by atoms with Crippen molar-refractivity contribution in [2.75, 3.05) is 13.1 Å². The molecule has 1 aliphatic rings. The Hall–Kier alpha value is -0.800. The molecule has 0 spiro atoms. The van der Waals surface area contributed by atoms with Crippen molar-refractivity contribution in [2.24, 2.45) is 11.3 Å². The number of nitrogens with zero attached hydrogens (tertiary/aromatic N) is 2. The molecule has 0 saturated carbocycles. The molecule has 19 heavy (non-hydrogen) atoms. The van der Waals surface area contributed by atoms with Crippen LogP contribution in [0.2, 0.25) is 10.2 Å². The van der Waals surface area contributed by atoms with E-state index in [0.29, 0.717) is 21.7 Å². The highest BCUT2D eigenvalue weighted by Crippen LogP contribution is 2.34. The van der Waals surface area contributed by atoms with Crippen LogP contribution in [0.4, 0.5) is 0 Å². The fraction of sp³-hybridized carbons (Fsp3) is 0.571. The molecular weight excluding hydrogens is 283 g/mol. The summed E-state index contributed by atoms with van der Waals surface area (Å²) in [6.07, 6.45) is 2.46. The van der Waals surface area contributed by atoms with Crippen LogP contribution >= 0.6 is 23.2 Å². The van der Waals surface area contributed by atoms with Gasteiger partial charge in [0.1, 0.15) is 5.15 Å². The number of hydrogen-bond acceptors (Lipinski definition) is 2. The van der Waals surface area contributed by atoms with Gasteiger partial charge in [-0.2, -0.15) is 0 Å². The van der Waals surface area contributed by atoms with Crippen molar-refractivity contribution in [1.29, 1.82) is 0 Å². The molecule has 0 bridgehead atoms. The van der Waals surface area contributed by atoms with Crippen LogP contribution in [-0.4, -0.2) is 28.9 Å². The Morgan fingerprint density at radius 3 is 2.68 bits per heavy atom. The monoisotopic (exact) mass is 300 g/mol. The van der Waals surface area contributed by atoms with Crippen LogP contribution in [0.25, 0.3) is 0 Å². The molecule has 0 radical (unpaired) electrons. The van der Waals surface area contributed by atoms with E-state index < -0.39 is 0 Å². The first-order valence-corrected chi connectivity index (χ1v) is 7.15. The first-order valence-electron chi connectivity index (χ1n) is 6.39. The Bertz CT molecular complexity index is 497. The van der Waals surface area contributed by atoms with Gasteiger partial charge in [-0.05, 0) is 23.8 Å². The summed E-state index contributed by atoms with van der Waals surface area (Å²) in [7, 11) is 0. The SMILES string of the molecule is CC(C)(C)C1CCN(C(=O)c2cc(Cl)ncc2Cl)C1. The molecule has 1 amide bonds. The predicted octanol–water partition coefficient (Wildman–Crippen LogP) is 3.90. The summed E-state index contributed by atoms with van der Waals surface area (Å²) in [6.45, 7) is 8.18. The summed E-state index contributed by atoms with van der Waals surface area (Å²) in [4.78, 5) is 18.2. The van der Waals surface area contributed by atoms with Gasteiger partial charge >= 0.3 is 0 Å². The maximum absolute atomic E-state index is 12.4. The molecule has 1 aromatic rings. The highest BCUT2D eigenvalue weighted by molar-refractivity contribution is 6.35. The Labute approximate surface area is 123 Å². The zero-order chi connectivity index (χ0) is 14.2. The highest BCUT2D eigenvalue weighted by Gasteiger charge is 2.34. The minimum absolute atomic E-state index is 0.0546. The average molecular weight is 301 g/mol. The Morgan fingerprint density at radius 1 is 1.42 bits per heavy atom. The second-order valence-corrected chi connectivity index (χ2v) is 6.88. The topological polar surface area (TPSA) is 33.2 Å². The van der Waals surface area contributed by atoms with E-state index in [1.165, 1.54) is 12.3 Å². The van der Waals surface area contributed by atoms with Crippen molar-refractivity contribution >= 4 is 29.1 Å². The van der Waals surface area contributed by atoms with Crippen LogP contribution in [0.15, 0.2) is 12.3 Å². The molecule has 1 atom stereocenters. The molecule has 0 N–H and O–H groups in total. The molecule has 1 saturated heterocycles. The van der Waals surface area contributed by atoms with Gasteiger partial charge < -0.3 is 4.90 Å². The molecule has 0 aliphatic carbocycles. The molecule has 1 fully saturated rings. The average Bonchev–Trinajstić information content (AvgIpc) is 2.80. The van der Waals surface area contributed by atoms with Crippen molar-refractivity contribution in [3.63, 3.8) is 0 Å². The quantitative estimate of drug-likeness (QED) is 0.737. The lowest BCUT2D eigenvalue weighted by molar-refractivity contribution is 0.0776. The molecule has 104 valence electrons. The minimum Gasteiger partial charge on any atom is -0.338 e. The maximum Gasteiger partial charge on any atom is 0.255 e. The molecule has 2 rings (SSSR count). The normalized spacial score (nSPS) is 19.8. The van der Waals surface area contributed by atoms with Crippen molar-refractivity contribution in [2.45, 2.75) is 27.2 Å². The summed E-state index contributed by atoms with van der Waals surface area (Å²) in [6, 6.07) is 1.54. The molecule has 3 nitrogen and oxygen atoms in total. The molecular formula is C14H18Cl2N2O. The highest BCUT2D eigenvalue weighted by atomic mass is 35.5. The third-order valence-electron chi connectivity index (χ3n) is 3.75. The summed E-state index contributed by atoms with van der Waals surface area (Å²) in [5.74, 6) is 0.466. The summed E-state index contributed by atoms with van der Waals surface area (Å²) >= 11 is 11.9. The van der Waals surface area contributed by atoms with Crippen molar-refractivity contribution < 1.29 is 4.79 Å². The third-order valence-corrected chi connectivity index (χ3v) is 4.26. The van der Waals surface area contributed by atoms with Gasteiger partial charge in [-0.25, -0.2) is 4.98 Å². The Kier molecular flexibility index (Phi) is 4.07. The van der Waals surface area contributed by atoms with Crippen molar-refractivity contribution in [3.05, 3.63) is 28.0 Å². The van der Waals surface area contributed by atoms with Crippen LogP contribution in [0.5, 0.6) is 0 Å². The number of hydrogen-bond donors (Lipinski definition) is 0. The molecule has 5 heteroatoms. The number of carbonyl (C=O) groups excluding carboxylic acids is 1. The van der Waals surface area contributed by atoms with E-state index in [9.17, 15) is 4.79 Å². The maximum atomic E-state index is 12.4. The largest absolute Gasteiger partial charge is 0.338 e. The number of amides is 1. The zero-order valence-electron chi connectivity index (χ0n) is 11.4. The molecule has 1 aromatic heterocycles. The van der Waals surface area contributed by atoms with Gasteiger partial charge in [-0.3, -0.25) is 4.79 Å². The second kappa shape index (κ2) is 5.29. The number of pyridine rings is 1. The van der Waals surface area contributed by atoms with E-state index in [2.05, 4.69) is 25.8 Å². The van der Waals surface area contributed by atoms with Gasteiger partial charge in [-0.15, -0.1) is 0 Å². The molecule has 1 aliphatic heterocycles. The lowest BCUT2D eigenvalue weighted by Gasteiger charge is -2.27.